The molecule has 4 aliphatic rings. The number of nitrogens with zero attached hydrogens (tertiary/aromatic N) is 4. The molecule has 0 aliphatic carbocycles. The van der Waals surface area contributed by atoms with Crippen LogP contribution in [0.25, 0.3) is 0 Å². The van der Waals surface area contributed by atoms with Crippen LogP contribution in [0.3, 0.4) is 0 Å². The number of rotatable bonds is 18. The van der Waals surface area contributed by atoms with Crippen molar-refractivity contribution in [2.45, 2.75) is 127 Å². The van der Waals surface area contributed by atoms with Crippen molar-refractivity contribution in [2.24, 2.45) is 0 Å². The largest absolute Gasteiger partial charge is 0.364 e. The molecule has 15 nitrogen and oxygen atoms in total. The Morgan fingerprint density at radius 2 is 1.26 bits per heavy atom. The molecule has 1 N–H and O–H groups in total. The monoisotopic (exact) mass is 858 g/mol. The Morgan fingerprint density at radius 1 is 0.705 bits per heavy atom. The third kappa shape index (κ3) is 9.97. The van der Waals surface area contributed by atoms with Gasteiger partial charge in [-0.25, -0.2) is 9.59 Å². The van der Waals surface area contributed by atoms with Crippen molar-refractivity contribution in [2.75, 3.05) is 22.9 Å². The van der Waals surface area contributed by atoms with Crippen LogP contribution in [0.15, 0.2) is 83.4 Å². The SMILES string of the molecule is CC1(C)\C(=C/C=C/C=C/C2N(CCCCCC(=O)ON3C(=O)CCC3=O)c3ccccc3C2(C)C)N(CCCCCC(=O)ON2C(=O)CCC2=O)c2ccc(S(=O)(=O)O)cc21. The highest BCUT2D eigenvalue weighted by Gasteiger charge is 2.43. The Kier molecular flexibility index (Phi) is 13.7. The van der Waals surface area contributed by atoms with Crippen molar-refractivity contribution in [3.05, 3.63) is 89.7 Å². The minimum absolute atomic E-state index is 0.0236. The second-order valence-corrected chi connectivity index (χ2v) is 18.3. The van der Waals surface area contributed by atoms with Crippen LogP contribution < -0.4 is 9.80 Å². The van der Waals surface area contributed by atoms with Crippen LogP contribution >= 0.6 is 0 Å². The Labute approximate surface area is 356 Å². The van der Waals surface area contributed by atoms with Gasteiger partial charge in [-0.05, 0) is 67.2 Å². The fourth-order valence-corrected chi connectivity index (χ4v) is 9.07. The van der Waals surface area contributed by atoms with Crippen molar-refractivity contribution in [3.8, 4) is 0 Å². The van der Waals surface area contributed by atoms with Gasteiger partial charge in [-0.2, -0.15) is 8.42 Å². The number of anilines is 2. The summed E-state index contributed by atoms with van der Waals surface area (Å²) in [7, 11) is -4.44. The van der Waals surface area contributed by atoms with Crippen LogP contribution in [0.4, 0.5) is 11.4 Å². The number of allylic oxidation sites excluding steroid dienone is 5. The quantitative estimate of drug-likeness (QED) is 0.0739. The zero-order chi connectivity index (χ0) is 44.1. The van der Waals surface area contributed by atoms with E-state index >= 15 is 0 Å². The summed E-state index contributed by atoms with van der Waals surface area (Å²) in [6, 6.07) is 13.0. The second-order valence-electron chi connectivity index (χ2n) is 16.8. The highest BCUT2D eigenvalue weighted by Crippen LogP contribution is 2.49. The summed E-state index contributed by atoms with van der Waals surface area (Å²) in [4.78, 5) is 86.2. The maximum atomic E-state index is 12.3. The number of unbranched alkanes of at least 4 members (excludes halogenated alkanes) is 4. The molecular formula is C45H54N4O11S. The van der Waals surface area contributed by atoms with Crippen LogP contribution in [0, 0.1) is 0 Å². The predicted molar refractivity (Wildman–Crippen MR) is 225 cm³/mol. The minimum atomic E-state index is -4.44. The molecule has 4 aliphatic heterocycles. The summed E-state index contributed by atoms with van der Waals surface area (Å²) in [5.74, 6) is -3.27. The first-order chi connectivity index (χ1) is 28.9. The molecule has 2 fully saturated rings. The van der Waals surface area contributed by atoms with Gasteiger partial charge in [0.05, 0.1) is 10.9 Å². The highest BCUT2D eigenvalue weighted by atomic mass is 32.2. The van der Waals surface area contributed by atoms with E-state index in [-0.39, 0.29) is 54.9 Å². The summed E-state index contributed by atoms with van der Waals surface area (Å²) < 4.78 is 34.1. The van der Waals surface area contributed by atoms with E-state index in [9.17, 15) is 41.7 Å². The Morgan fingerprint density at radius 3 is 1.84 bits per heavy atom. The molecule has 0 radical (unpaired) electrons. The van der Waals surface area contributed by atoms with Crippen LogP contribution in [0.2, 0.25) is 0 Å². The van der Waals surface area contributed by atoms with E-state index < -0.39 is 51.1 Å². The van der Waals surface area contributed by atoms with Gasteiger partial charge in [0.2, 0.25) is 0 Å². The van der Waals surface area contributed by atoms with E-state index in [1.807, 2.05) is 50.3 Å². The van der Waals surface area contributed by atoms with E-state index in [1.54, 1.807) is 6.07 Å². The molecule has 326 valence electrons. The van der Waals surface area contributed by atoms with Gasteiger partial charge in [-0.3, -0.25) is 23.7 Å². The van der Waals surface area contributed by atoms with Gasteiger partial charge in [0.25, 0.3) is 33.7 Å². The van der Waals surface area contributed by atoms with Gasteiger partial charge in [-0.1, -0.05) is 83.0 Å². The molecule has 4 amide bonds. The third-order valence-electron chi connectivity index (χ3n) is 11.9. The van der Waals surface area contributed by atoms with Crippen LogP contribution in [0.1, 0.15) is 116 Å². The number of imide groups is 2. The second kappa shape index (κ2) is 18.6. The number of benzene rings is 2. The van der Waals surface area contributed by atoms with Crippen LogP contribution in [-0.4, -0.2) is 77.8 Å². The average Bonchev–Trinajstić information content (AvgIpc) is 3.84. The molecule has 0 saturated carbocycles. The third-order valence-corrected chi connectivity index (χ3v) is 12.7. The molecule has 2 aromatic rings. The zero-order valence-corrected chi connectivity index (χ0v) is 35.9. The lowest BCUT2D eigenvalue weighted by Gasteiger charge is -2.32. The Balaban J connectivity index is 1.10. The summed E-state index contributed by atoms with van der Waals surface area (Å²) in [6.07, 6.45) is 14.3. The Hall–Kier alpha value is -5.61. The predicted octanol–water partition coefficient (Wildman–Crippen LogP) is 6.53. The van der Waals surface area contributed by atoms with E-state index in [2.05, 4.69) is 41.9 Å². The molecule has 0 bridgehead atoms. The first-order valence-electron chi connectivity index (χ1n) is 20.9. The summed E-state index contributed by atoms with van der Waals surface area (Å²) in [5.41, 5.74) is 4.02. The van der Waals surface area contributed by atoms with Crippen LogP contribution in [0.5, 0.6) is 0 Å². The normalized spacial score (nSPS) is 20.2. The molecule has 1 unspecified atom stereocenters. The maximum absolute atomic E-state index is 12.3. The summed E-state index contributed by atoms with van der Waals surface area (Å²) in [6.45, 7) is 9.74. The molecule has 2 aromatic carbocycles. The Bertz CT molecular complexity index is 2250. The van der Waals surface area contributed by atoms with Gasteiger partial charge in [0.1, 0.15) is 0 Å². The minimum Gasteiger partial charge on any atom is -0.364 e. The van der Waals surface area contributed by atoms with Crippen molar-refractivity contribution in [1.82, 2.24) is 10.1 Å². The van der Waals surface area contributed by atoms with E-state index in [0.29, 0.717) is 42.4 Å². The molecule has 2 saturated heterocycles. The molecule has 0 aromatic heterocycles. The van der Waals surface area contributed by atoms with E-state index in [1.165, 1.54) is 17.7 Å². The topological polar surface area (TPSA) is 188 Å². The number of fused-ring (bicyclic) bond motifs is 2. The molecule has 61 heavy (non-hydrogen) atoms. The van der Waals surface area contributed by atoms with Gasteiger partial charge >= 0.3 is 11.9 Å². The number of hydrogen-bond acceptors (Lipinski definition) is 12. The summed E-state index contributed by atoms with van der Waals surface area (Å²) >= 11 is 0. The fraction of sp³-hybridized carbons (Fsp3) is 0.467. The highest BCUT2D eigenvalue weighted by molar-refractivity contribution is 7.85. The van der Waals surface area contributed by atoms with Gasteiger partial charge < -0.3 is 19.5 Å². The maximum Gasteiger partial charge on any atom is 0.333 e. The number of para-hydroxylation sites is 1. The van der Waals surface area contributed by atoms with Crippen molar-refractivity contribution >= 4 is 57.1 Å². The molecule has 4 heterocycles. The smallest absolute Gasteiger partial charge is 0.333 e. The number of carbonyl (C=O) groups excluding carboxylic acids is 6. The lowest BCUT2D eigenvalue weighted by molar-refractivity contribution is -0.197. The number of carbonyl (C=O) groups is 6. The number of hydroxylamine groups is 4. The standard InChI is InChI=1S/C45H54N4O11S/c1-44(2)32-16-12-13-17-34(32)46(28-14-6-10-20-42(54)59-48-38(50)24-25-39(48)51)36(44)18-8-5-9-19-37-45(3,4)33-30-31(61(56,57)58)22-23-35(33)47(37)29-15-7-11-21-43(55)60-49-40(52)26-27-41(49)53/h5,8-9,12-13,16-19,22-23,30,36H,6-7,10-11,14-15,20-21,24-29H2,1-4H3,(H,56,57,58)/b9-5+,18-8+,37-19+. The molecule has 6 rings (SSSR count). The first kappa shape index (κ1) is 44.9. The zero-order valence-electron chi connectivity index (χ0n) is 35.1. The van der Waals surface area contributed by atoms with Gasteiger partial charge in [-0.15, -0.1) is 10.1 Å². The molecule has 16 heteroatoms. The molecule has 1 atom stereocenters. The summed E-state index contributed by atoms with van der Waals surface area (Å²) in [5, 5.41) is 1.13. The van der Waals surface area contributed by atoms with Crippen molar-refractivity contribution in [3.63, 3.8) is 0 Å². The van der Waals surface area contributed by atoms with Gasteiger partial charge in [0, 0.05) is 79.5 Å². The van der Waals surface area contributed by atoms with E-state index in [4.69, 9.17) is 9.68 Å². The number of hydrogen-bond donors (Lipinski definition) is 1. The molecule has 0 spiro atoms. The lowest BCUT2D eigenvalue weighted by Crippen LogP contribution is -2.40. The first-order valence-corrected chi connectivity index (χ1v) is 22.3. The number of amides is 4. The van der Waals surface area contributed by atoms with Gasteiger partial charge in [0.15, 0.2) is 0 Å². The van der Waals surface area contributed by atoms with Crippen LogP contribution in [-0.2, 0) is 59.4 Å². The van der Waals surface area contributed by atoms with Crippen molar-refractivity contribution < 1.29 is 51.4 Å². The molecular weight excluding hydrogens is 805 g/mol. The lowest BCUT2D eigenvalue weighted by atomic mass is 9.80. The van der Waals surface area contributed by atoms with E-state index in [0.717, 1.165) is 42.0 Å². The van der Waals surface area contributed by atoms with Crippen molar-refractivity contribution in [1.29, 1.82) is 0 Å². The average molecular weight is 859 g/mol. The fourth-order valence-electron chi connectivity index (χ4n) is 8.56.